The van der Waals surface area contributed by atoms with Gasteiger partial charge in [0.15, 0.2) is 0 Å². The highest BCUT2D eigenvalue weighted by atomic mass is 127. The van der Waals surface area contributed by atoms with Gasteiger partial charge in [-0.3, -0.25) is 0 Å². The van der Waals surface area contributed by atoms with Gasteiger partial charge in [0.2, 0.25) is 0 Å². The summed E-state index contributed by atoms with van der Waals surface area (Å²) in [6.07, 6.45) is -0.468. The van der Waals surface area contributed by atoms with Gasteiger partial charge in [-0.15, -0.1) is 0 Å². The SMILES string of the molecule is COc1cc(I)c(Cl)cc1CNC(=O)OC(C)(C)C. The molecule has 1 rings (SSSR count). The summed E-state index contributed by atoms with van der Waals surface area (Å²) < 4.78 is 11.3. The van der Waals surface area contributed by atoms with Crippen molar-refractivity contribution in [2.24, 2.45) is 0 Å². The van der Waals surface area contributed by atoms with E-state index in [2.05, 4.69) is 27.9 Å². The van der Waals surface area contributed by atoms with Crippen molar-refractivity contribution in [3.63, 3.8) is 0 Å². The van der Waals surface area contributed by atoms with E-state index in [0.717, 1.165) is 9.13 Å². The summed E-state index contributed by atoms with van der Waals surface area (Å²) in [4.78, 5) is 11.6. The second kappa shape index (κ2) is 6.65. The van der Waals surface area contributed by atoms with E-state index in [-0.39, 0.29) is 0 Å². The van der Waals surface area contributed by atoms with Crippen LogP contribution in [0.4, 0.5) is 4.79 Å². The Bertz CT molecular complexity index is 472. The Morgan fingerprint density at radius 2 is 2.05 bits per heavy atom. The van der Waals surface area contributed by atoms with Crippen LogP contribution >= 0.6 is 34.2 Å². The molecule has 0 unspecified atom stereocenters. The van der Waals surface area contributed by atoms with Crippen molar-refractivity contribution in [2.75, 3.05) is 7.11 Å². The van der Waals surface area contributed by atoms with E-state index < -0.39 is 11.7 Å². The first-order valence-corrected chi connectivity index (χ1v) is 7.17. The van der Waals surface area contributed by atoms with Crippen LogP contribution in [0.25, 0.3) is 0 Å². The average molecular weight is 398 g/mol. The number of hydrogen-bond donors (Lipinski definition) is 1. The molecular formula is C13H17ClINO3. The van der Waals surface area contributed by atoms with E-state index >= 15 is 0 Å². The van der Waals surface area contributed by atoms with Crippen LogP contribution in [0.5, 0.6) is 5.75 Å². The first kappa shape index (κ1) is 16.4. The number of carbonyl (C=O) groups is 1. The van der Waals surface area contributed by atoms with Crippen molar-refractivity contribution in [2.45, 2.75) is 32.9 Å². The monoisotopic (exact) mass is 397 g/mol. The van der Waals surface area contributed by atoms with Gasteiger partial charge >= 0.3 is 6.09 Å². The number of carbonyl (C=O) groups excluding carboxylic acids is 1. The first-order chi connectivity index (χ1) is 8.73. The summed E-state index contributed by atoms with van der Waals surface area (Å²) in [5.74, 6) is 0.685. The molecule has 0 aromatic heterocycles. The summed E-state index contributed by atoms with van der Waals surface area (Å²) in [6, 6.07) is 3.61. The van der Waals surface area contributed by atoms with Crippen LogP contribution in [0.15, 0.2) is 12.1 Å². The molecular weight excluding hydrogens is 381 g/mol. The molecule has 1 N–H and O–H groups in total. The zero-order valence-corrected chi connectivity index (χ0v) is 14.3. The number of halogens is 2. The Kier molecular flexibility index (Phi) is 5.73. The maximum atomic E-state index is 11.6. The highest BCUT2D eigenvalue weighted by Crippen LogP contribution is 2.28. The van der Waals surface area contributed by atoms with Crippen molar-refractivity contribution >= 4 is 40.3 Å². The van der Waals surface area contributed by atoms with Gasteiger partial charge < -0.3 is 14.8 Å². The molecule has 0 bridgehead atoms. The van der Waals surface area contributed by atoms with Gasteiger partial charge in [-0.2, -0.15) is 0 Å². The second-order valence-electron chi connectivity index (χ2n) is 4.93. The fraction of sp³-hybridized carbons (Fsp3) is 0.462. The van der Waals surface area contributed by atoms with Crippen molar-refractivity contribution in [3.05, 3.63) is 26.3 Å². The molecule has 0 spiro atoms. The van der Waals surface area contributed by atoms with E-state index in [1.54, 1.807) is 13.2 Å². The van der Waals surface area contributed by atoms with Gasteiger partial charge in [0, 0.05) is 15.7 Å². The molecule has 106 valence electrons. The number of hydrogen-bond acceptors (Lipinski definition) is 3. The molecule has 0 heterocycles. The van der Waals surface area contributed by atoms with Crippen LogP contribution in [0, 0.1) is 3.57 Å². The lowest BCUT2D eigenvalue weighted by molar-refractivity contribution is 0.0523. The minimum absolute atomic E-state index is 0.300. The lowest BCUT2D eigenvalue weighted by atomic mass is 10.2. The molecule has 0 aliphatic heterocycles. The van der Waals surface area contributed by atoms with E-state index in [4.69, 9.17) is 21.1 Å². The molecule has 4 nitrogen and oxygen atoms in total. The molecule has 0 fully saturated rings. The maximum absolute atomic E-state index is 11.6. The predicted octanol–water partition coefficient (Wildman–Crippen LogP) is 3.98. The second-order valence-corrected chi connectivity index (χ2v) is 6.50. The standard InChI is InChI=1S/C13H17ClINO3/c1-13(2,3)19-12(17)16-7-8-5-9(14)10(15)6-11(8)18-4/h5-6H,7H2,1-4H3,(H,16,17). The number of nitrogens with one attached hydrogen (secondary N) is 1. The highest BCUT2D eigenvalue weighted by Gasteiger charge is 2.16. The topological polar surface area (TPSA) is 47.6 Å². The van der Waals surface area contributed by atoms with Crippen LogP contribution in [-0.2, 0) is 11.3 Å². The predicted molar refractivity (Wildman–Crippen MR) is 83.8 cm³/mol. The largest absolute Gasteiger partial charge is 0.496 e. The van der Waals surface area contributed by atoms with E-state index in [1.165, 1.54) is 0 Å². The van der Waals surface area contributed by atoms with Crippen molar-refractivity contribution in [3.8, 4) is 5.75 Å². The summed E-state index contributed by atoms with van der Waals surface area (Å²) in [5, 5.41) is 3.30. The van der Waals surface area contributed by atoms with Crippen LogP contribution in [0.1, 0.15) is 26.3 Å². The van der Waals surface area contributed by atoms with E-state index in [0.29, 0.717) is 17.3 Å². The molecule has 0 atom stereocenters. The molecule has 0 radical (unpaired) electrons. The van der Waals surface area contributed by atoms with Crippen molar-refractivity contribution in [1.82, 2.24) is 5.32 Å². The minimum atomic E-state index is -0.516. The first-order valence-electron chi connectivity index (χ1n) is 5.71. The third kappa shape index (κ3) is 5.44. The van der Waals surface area contributed by atoms with Crippen molar-refractivity contribution in [1.29, 1.82) is 0 Å². The summed E-state index contributed by atoms with van der Waals surface area (Å²) in [5.41, 5.74) is 0.288. The maximum Gasteiger partial charge on any atom is 0.407 e. The normalized spacial score (nSPS) is 11.1. The number of amides is 1. The molecule has 6 heteroatoms. The van der Waals surface area contributed by atoms with Gasteiger partial charge in [-0.05, 0) is 55.5 Å². The Morgan fingerprint density at radius 1 is 1.42 bits per heavy atom. The summed E-state index contributed by atoms with van der Waals surface area (Å²) in [6.45, 7) is 5.74. The Hall–Kier alpha value is -0.690. The van der Waals surface area contributed by atoms with E-state index in [9.17, 15) is 4.79 Å². The lowest BCUT2D eigenvalue weighted by Gasteiger charge is -2.20. The van der Waals surface area contributed by atoms with Gasteiger partial charge in [-0.25, -0.2) is 4.79 Å². The van der Waals surface area contributed by atoms with Crippen LogP contribution < -0.4 is 10.1 Å². The van der Waals surface area contributed by atoms with Gasteiger partial charge in [0.05, 0.1) is 12.1 Å². The molecule has 19 heavy (non-hydrogen) atoms. The molecule has 1 aromatic rings. The summed E-state index contributed by atoms with van der Waals surface area (Å²) in [7, 11) is 1.58. The molecule has 0 aliphatic rings. The van der Waals surface area contributed by atoms with Gasteiger partial charge in [0.25, 0.3) is 0 Å². The van der Waals surface area contributed by atoms with Crippen LogP contribution in [0.3, 0.4) is 0 Å². The molecule has 0 saturated heterocycles. The summed E-state index contributed by atoms with van der Waals surface area (Å²) >= 11 is 8.18. The number of ether oxygens (including phenoxy) is 2. The quantitative estimate of drug-likeness (QED) is 0.785. The molecule has 1 aromatic carbocycles. The van der Waals surface area contributed by atoms with Crippen LogP contribution in [-0.4, -0.2) is 18.8 Å². The number of methoxy groups -OCH3 is 1. The van der Waals surface area contributed by atoms with Crippen molar-refractivity contribution < 1.29 is 14.3 Å². The third-order valence-corrected chi connectivity index (χ3v) is 3.67. The number of benzene rings is 1. The Balaban J connectivity index is 2.72. The molecule has 0 aliphatic carbocycles. The molecule has 1 amide bonds. The highest BCUT2D eigenvalue weighted by molar-refractivity contribution is 14.1. The lowest BCUT2D eigenvalue weighted by Crippen LogP contribution is -2.32. The minimum Gasteiger partial charge on any atom is -0.496 e. The third-order valence-electron chi connectivity index (χ3n) is 2.15. The fourth-order valence-electron chi connectivity index (χ4n) is 1.38. The smallest absolute Gasteiger partial charge is 0.407 e. The fourth-order valence-corrected chi connectivity index (χ4v) is 2.00. The van der Waals surface area contributed by atoms with Gasteiger partial charge in [-0.1, -0.05) is 11.6 Å². The van der Waals surface area contributed by atoms with Gasteiger partial charge in [0.1, 0.15) is 11.4 Å². The van der Waals surface area contributed by atoms with E-state index in [1.807, 2.05) is 26.8 Å². The number of rotatable bonds is 3. The Morgan fingerprint density at radius 3 is 2.58 bits per heavy atom. The zero-order valence-electron chi connectivity index (χ0n) is 11.3. The number of alkyl carbamates (subject to hydrolysis) is 1. The van der Waals surface area contributed by atoms with Crippen LogP contribution in [0.2, 0.25) is 5.02 Å². The average Bonchev–Trinajstić information content (AvgIpc) is 2.28. The molecule has 0 saturated carbocycles. The zero-order chi connectivity index (χ0) is 14.6. The Labute approximate surface area is 131 Å².